The molecular weight excluding hydrogens is 495 g/mol. The Bertz CT molecular complexity index is 462. The van der Waals surface area contributed by atoms with E-state index in [0.29, 0.717) is 0 Å². The van der Waals surface area contributed by atoms with Crippen LogP contribution in [0.2, 0.25) is 0 Å². The normalized spacial score (nSPS) is 15.3. The molecule has 0 saturated carbocycles. The fraction of sp³-hybridized carbons (Fsp3) is 0.550. The molecular formula is C20H38CsN3O5. The quantitative estimate of drug-likeness (QED) is 0.214. The average Bonchev–Trinajstić information content (AvgIpc) is 3.32. The number of carbonyl (C=O) groups excluding carboxylic acids is 1. The standard InChI is InChI=1S/C8H10O.C4H9NO.C4H7NO.C2H7N.CH2O2.CH3.Cs/c1-7-3-5-8(9-2)6-4-7;6-4-1-2-5-3-4;6-4-2-1-3-5-4;1-3-2;2-1-3;;/h3-6H,1-2H3;4-6H,1-3H2;1-3H2,(H,5,6);3H,1-2H3;1H,(H,2,3);1H3;/q;;;;;-1;+1. The van der Waals surface area contributed by atoms with E-state index < -0.39 is 0 Å². The second kappa shape index (κ2) is 27.9. The van der Waals surface area contributed by atoms with E-state index in [2.05, 4.69) is 22.9 Å². The Hall–Kier alpha value is -0.108. The van der Waals surface area contributed by atoms with Crippen LogP contribution in [0.25, 0.3) is 0 Å². The van der Waals surface area contributed by atoms with Crippen molar-refractivity contribution in [1.29, 1.82) is 0 Å². The predicted molar refractivity (Wildman–Crippen MR) is 114 cm³/mol. The molecule has 1 aromatic rings. The Morgan fingerprint density at radius 1 is 1.21 bits per heavy atom. The number of rotatable bonds is 1. The largest absolute Gasteiger partial charge is 1.00 e. The van der Waals surface area contributed by atoms with Crippen LogP contribution >= 0.6 is 0 Å². The van der Waals surface area contributed by atoms with E-state index in [9.17, 15) is 4.79 Å². The van der Waals surface area contributed by atoms with E-state index >= 15 is 0 Å². The van der Waals surface area contributed by atoms with E-state index in [1.54, 1.807) is 7.11 Å². The van der Waals surface area contributed by atoms with Gasteiger partial charge >= 0.3 is 68.9 Å². The molecule has 0 bridgehead atoms. The van der Waals surface area contributed by atoms with Gasteiger partial charge in [0.05, 0.1) is 13.2 Å². The number of carboxylic acid groups (broad SMARTS) is 1. The van der Waals surface area contributed by atoms with Gasteiger partial charge in [-0.1, -0.05) is 17.7 Å². The third-order valence-electron chi connectivity index (χ3n) is 3.19. The van der Waals surface area contributed by atoms with Gasteiger partial charge in [0.1, 0.15) is 5.75 Å². The van der Waals surface area contributed by atoms with Crippen molar-refractivity contribution in [3.05, 3.63) is 37.3 Å². The molecule has 0 radical (unpaired) electrons. The molecule has 1 atom stereocenters. The SMILES string of the molecule is CNC.COc1ccc(C)cc1.O=C1CCCN1.O=CO.OC1CCNC1.[CH3-].[Cs+]. The number of carbonyl (C=O) groups is 2. The molecule has 8 nitrogen and oxygen atoms in total. The zero-order valence-electron chi connectivity index (χ0n) is 18.8. The summed E-state index contributed by atoms with van der Waals surface area (Å²) in [5.41, 5.74) is 1.26. The summed E-state index contributed by atoms with van der Waals surface area (Å²) in [7, 11) is 5.42. The molecule has 0 aromatic heterocycles. The van der Waals surface area contributed by atoms with Crippen LogP contribution in [0.5, 0.6) is 5.75 Å². The molecule has 0 spiro atoms. The zero-order chi connectivity index (χ0) is 20.9. The van der Waals surface area contributed by atoms with Gasteiger partial charge in [-0.2, -0.15) is 0 Å². The van der Waals surface area contributed by atoms with Crippen LogP contribution in [-0.4, -0.2) is 69.5 Å². The first-order chi connectivity index (χ1) is 12.9. The predicted octanol–water partition coefficient (Wildman–Crippen LogP) is -1.77. The third kappa shape index (κ3) is 27.9. The monoisotopic (exact) mass is 533 g/mol. The molecule has 1 amide bonds. The summed E-state index contributed by atoms with van der Waals surface area (Å²) in [6.45, 7) is 4.47. The number of amides is 1. The summed E-state index contributed by atoms with van der Waals surface area (Å²) >= 11 is 0. The van der Waals surface area contributed by atoms with Crippen LogP contribution in [0.3, 0.4) is 0 Å². The Kier molecular flexibility index (Phi) is 34.9. The Morgan fingerprint density at radius 2 is 1.72 bits per heavy atom. The summed E-state index contributed by atoms with van der Waals surface area (Å²) < 4.78 is 4.97. The topological polar surface area (TPSA) is 120 Å². The van der Waals surface area contributed by atoms with Crippen LogP contribution in [0.15, 0.2) is 24.3 Å². The molecule has 2 saturated heterocycles. The maximum absolute atomic E-state index is 10.1. The van der Waals surface area contributed by atoms with Crippen LogP contribution in [0.4, 0.5) is 0 Å². The van der Waals surface area contributed by atoms with Crippen LogP contribution in [0, 0.1) is 14.4 Å². The summed E-state index contributed by atoms with van der Waals surface area (Å²) in [6.07, 6.45) is 2.63. The van der Waals surface area contributed by atoms with Crippen molar-refractivity contribution in [1.82, 2.24) is 16.0 Å². The molecule has 2 heterocycles. The van der Waals surface area contributed by atoms with E-state index in [1.807, 2.05) is 38.4 Å². The minimum absolute atomic E-state index is 0. The number of ether oxygens (including phenoxy) is 1. The van der Waals surface area contributed by atoms with E-state index in [0.717, 1.165) is 44.6 Å². The zero-order valence-corrected chi connectivity index (χ0v) is 25.1. The molecule has 2 aliphatic heterocycles. The number of methoxy groups -OCH3 is 1. The summed E-state index contributed by atoms with van der Waals surface area (Å²) in [6, 6.07) is 7.96. The van der Waals surface area contributed by atoms with Crippen LogP contribution < -0.4 is 89.6 Å². The average molecular weight is 533 g/mol. The van der Waals surface area contributed by atoms with Crippen molar-refractivity contribution in [3.63, 3.8) is 0 Å². The fourth-order valence-electron chi connectivity index (χ4n) is 1.88. The van der Waals surface area contributed by atoms with Crippen molar-refractivity contribution in [3.8, 4) is 5.75 Å². The van der Waals surface area contributed by atoms with Crippen LogP contribution in [-0.2, 0) is 9.59 Å². The Balaban J connectivity index is -0.000000141. The maximum atomic E-state index is 10.1. The fourth-order valence-corrected chi connectivity index (χ4v) is 1.88. The smallest absolute Gasteiger partial charge is 0.497 e. The number of aliphatic hydroxyl groups is 1. The van der Waals surface area contributed by atoms with Gasteiger partial charge in [-0.25, -0.2) is 0 Å². The second-order valence-electron chi connectivity index (χ2n) is 5.72. The molecule has 1 aromatic carbocycles. The number of aliphatic hydroxyl groups excluding tert-OH is 1. The van der Waals surface area contributed by atoms with Gasteiger partial charge in [-0.3, -0.25) is 9.59 Å². The second-order valence-corrected chi connectivity index (χ2v) is 5.72. The molecule has 164 valence electrons. The first-order valence-corrected chi connectivity index (χ1v) is 8.87. The molecule has 2 aliphatic rings. The van der Waals surface area contributed by atoms with Crippen molar-refractivity contribution in [2.45, 2.75) is 32.3 Å². The van der Waals surface area contributed by atoms with Gasteiger partial charge in [0.2, 0.25) is 5.91 Å². The molecule has 2 fully saturated rings. The van der Waals surface area contributed by atoms with Gasteiger partial charge in [0.15, 0.2) is 0 Å². The van der Waals surface area contributed by atoms with Crippen LogP contribution in [0.1, 0.15) is 24.8 Å². The summed E-state index contributed by atoms with van der Waals surface area (Å²) in [5.74, 6) is 1.12. The molecule has 29 heavy (non-hydrogen) atoms. The van der Waals surface area contributed by atoms with Crippen molar-refractivity contribution in [2.24, 2.45) is 0 Å². The summed E-state index contributed by atoms with van der Waals surface area (Å²) in [4.78, 5) is 18.5. The number of hydrogen-bond donors (Lipinski definition) is 5. The number of β-amino-alcohol motifs (C(OH)–C–C–N with tert-alkyl or cyclic N) is 1. The van der Waals surface area contributed by atoms with Gasteiger partial charge in [0.25, 0.3) is 6.47 Å². The van der Waals surface area contributed by atoms with Gasteiger partial charge in [0, 0.05) is 19.5 Å². The van der Waals surface area contributed by atoms with E-state index in [-0.39, 0.29) is 94.8 Å². The molecule has 5 N–H and O–H groups in total. The molecule has 0 aliphatic carbocycles. The number of hydrogen-bond acceptors (Lipinski definition) is 6. The number of benzene rings is 1. The Morgan fingerprint density at radius 3 is 1.93 bits per heavy atom. The summed E-state index contributed by atoms with van der Waals surface area (Å²) in [5, 5.41) is 24.0. The minimum atomic E-state index is -0.250. The van der Waals surface area contributed by atoms with Gasteiger partial charge < -0.3 is 38.3 Å². The third-order valence-corrected chi connectivity index (χ3v) is 3.19. The first kappa shape index (κ1) is 36.3. The molecule has 9 heteroatoms. The van der Waals surface area contributed by atoms with Gasteiger partial charge in [-0.15, -0.1) is 0 Å². The Labute approximate surface area is 235 Å². The minimum Gasteiger partial charge on any atom is -0.497 e. The maximum Gasteiger partial charge on any atom is 1.00 e. The van der Waals surface area contributed by atoms with E-state index in [1.165, 1.54) is 5.56 Å². The first-order valence-electron chi connectivity index (χ1n) is 8.87. The molecule has 3 rings (SSSR count). The number of nitrogens with one attached hydrogen (secondary N) is 3. The van der Waals surface area contributed by atoms with Gasteiger partial charge in [-0.05, 0) is 52.5 Å². The molecule has 1 unspecified atom stereocenters. The van der Waals surface area contributed by atoms with Crippen molar-refractivity contribution >= 4 is 12.4 Å². The van der Waals surface area contributed by atoms with Crippen molar-refractivity contribution in [2.75, 3.05) is 40.8 Å². The van der Waals surface area contributed by atoms with Crippen molar-refractivity contribution < 1.29 is 93.4 Å². The number of aryl methyl sites for hydroxylation is 1. The van der Waals surface area contributed by atoms with E-state index in [4.69, 9.17) is 19.7 Å².